The van der Waals surface area contributed by atoms with Crippen molar-refractivity contribution in [2.45, 2.75) is 44.8 Å². The Morgan fingerprint density at radius 1 is 1.48 bits per heavy atom. The van der Waals surface area contributed by atoms with Gasteiger partial charge in [0.2, 0.25) is 0 Å². The zero-order valence-corrected chi connectivity index (χ0v) is 12.5. The van der Waals surface area contributed by atoms with Gasteiger partial charge in [-0.15, -0.1) is 0 Å². The largest absolute Gasteiger partial charge is 0.490 e. The molecule has 1 aromatic carbocycles. The van der Waals surface area contributed by atoms with Crippen LogP contribution < -0.4 is 4.74 Å². The number of rotatable bonds is 5. The molecule has 0 aromatic heterocycles. The molecule has 0 aliphatic carbocycles. The molecule has 1 aliphatic rings. The van der Waals surface area contributed by atoms with Crippen LogP contribution in [0.5, 0.6) is 5.75 Å². The van der Waals surface area contributed by atoms with Crippen molar-refractivity contribution in [1.29, 1.82) is 0 Å². The first kappa shape index (κ1) is 15.7. The molecule has 6 nitrogen and oxygen atoms in total. The second-order valence-electron chi connectivity index (χ2n) is 5.55. The lowest BCUT2D eigenvalue weighted by Gasteiger charge is -2.39. The summed E-state index contributed by atoms with van der Waals surface area (Å²) in [7, 11) is 1.43. The van der Waals surface area contributed by atoms with Gasteiger partial charge in [0.05, 0.1) is 18.6 Å². The minimum Gasteiger partial charge on any atom is -0.490 e. The SMILES string of the molecule is COc1ccc(CN2C(C)CCCC2CO)cc1[N+](=O)[O-]. The van der Waals surface area contributed by atoms with Crippen molar-refractivity contribution in [2.24, 2.45) is 0 Å². The van der Waals surface area contributed by atoms with E-state index in [1.165, 1.54) is 7.11 Å². The normalized spacial score (nSPS) is 23.0. The zero-order chi connectivity index (χ0) is 15.4. The van der Waals surface area contributed by atoms with Crippen molar-refractivity contribution in [3.8, 4) is 5.75 Å². The number of hydrogen-bond acceptors (Lipinski definition) is 5. The van der Waals surface area contributed by atoms with Crippen molar-refractivity contribution in [2.75, 3.05) is 13.7 Å². The fourth-order valence-corrected chi connectivity index (χ4v) is 3.01. The van der Waals surface area contributed by atoms with E-state index in [0.717, 1.165) is 24.8 Å². The van der Waals surface area contributed by atoms with Crippen molar-refractivity contribution in [3.63, 3.8) is 0 Å². The second kappa shape index (κ2) is 6.87. The smallest absolute Gasteiger partial charge is 0.311 e. The fraction of sp³-hybridized carbons (Fsp3) is 0.600. The monoisotopic (exact) mass is 294 g/mol. The maximum atomic E-state index is 11.1. The van der Waals surface area contributed by atoms with Gasteiger partial charge in [-0.1, -0.05) is 12.5 Å². The predicted octanol–water partition coefficient (Wildman–Crippen LogP) is 2.34. The van der Waals surface area contributed by atoms with E-state index < -0.39 is 4.92 Å². The summed E-state index contributed by atoms with van der Waals surface area (Å²) < 4.78 is 5.02. The molecule has 2 rings (SSSR count). The Balaban J connectivity index is 2.21. The number of ether oxygens (including phenoxy) is 1. The molecule has 2 atom stereocenters. The quantitative estimate of drug-likeness (QED) is 0.666. The molecule has 1 aliphatic heterocycles. The minimum atomic E-state index is -0.425. The third kappa shape index (κ3) is 3.51. The van der Waals surface area contributed by atoms with Crippen molar-refractivity contribution < 1.29 is 14.8 Å². The summed E-state index contributed by atoms with van der Waals surface area (Å²) in [6, 6.07) is 5.55. The molecule has 1 aromatic rings. The Morgan fingerprint density at radius 3 is 2.86 bits per heavy atom. The van der Waals surface area contributed by atoms with Crippen LogP contribution in [0.4, 0.5) is 5.69 Å². The number of methoxy groups -OCH3 is 1. The standard InChI is InChI=1S/C15H22N2O4/c1-11-4-3-5-13(10-18)16(11)9-12-6-7-15(21-2)14(8-12)17(19)20/h6-8,11,13,18H,3-5,9-10H2,1-2H3. The maximum Gasteiger partial charge on any atom is 0.311 e. The molecule has 1 heterocycles. The maximum absolute atomic E-state index is 11.1. The highest BCUT2D eigenvalue weighted by atomic mass is 16.6. The van der Waals surface area contributed by atoms with E-state index >= 15 is 0 Å². The average Bonchev–Trinajstić information content (AvgIpc) is 2.49. The molecule has 1 saturated heterocycles. The van der Waals surface area contributed by atoms with Gasteiger partial charge in [-0.05, 0) is 31.4 Å². The van der Waals surface area contributed by atoms with Crippen LogP contribution in [0, 0.1) is 10.1 Å². The first-order valence-corrected chi connectivity index (χ1v) is 7.24. The van der Waals surface area contributed by atoms with Gasteiger partial charge in [-0.2, -0.15) is 0 Å². The Hall–Kier alpha value is -1.66. The fourth-order valence-electron chi connectivity index (χ4n) is 3.01. The third-order valence-corrected chi connectivity index (χ3v) is 4.21. The lowest BCUT2D eigenvalue weighted by molar-refractivity contribution is -0.385. The summed E-state index contributed by atoms with van der Waals surface area (Å²) >= 11 is 0. The summed E-state index contributed by atoms with van der Waals surface area (Å²) in [6.07, 6.45) is 3.18. The Kier molecular flexibility index (Phi) is 5.14. The molecule has 116 valence electrons. The molecule has 1 N–H and O–H groups in total. The molecular formula is C15H22N2O4. The molecule has 0 spiro atoms. The zero-order valence-electron chi connectivity index (χ0n) is 12.5. The Bertz CT molecular complexity index is 506. The number of nitro benzene ring substituents is 1. The molecule has 1 fully saturated rings. The van der Waals surface area contributed by atoms with Gasteiger partial charge in [-0.25, -0.2) is 0 Å². The van der Waals surface area contributed by atoms with Crippen molar-refractivity contribution >= 4 is 5.69 Å². The summed E-state index contributed by atoms with van der Waals surface area (Å²) in [5.41, 5.74) is 0.856. The van der Waals surface area contributed by atoms with Crippen LogP contribution in [0.25, 0.3) is 0 Å². The number of benzene rings is 1. The van der Waals surface area contributed by atoms with Crippen LogP contribution in [-0.2, 0) is 6.54 Å². The average molecular weight is 294 g/mol. The molecule has 0 bridgehead atoms. The highest BCUT2D eigenvalue weighted by Gasteiger charge is 2.28. The van der Waals surface area contributed by atoms with E-state index in [2.05, 4.69) is 11.8 Å². The number of piperidine rings is 1. The Morgan fingerprint density at radius 2 is 2.24 bits per heavy atom. The Labute approximate surface area is 124 Å². The van der Waals surface area contributed by atoms with E-state index in [9.17, 15) is 15.2 Å². The third-order valence-electron chi connectivity index (χ3n) is 4.21. The predicted molar refractivity (Wildman–Crippen MR) is 79.4 cm³/mol. The van der Waals surface area contributed by atoms with Crippen LogP contribution >= 0.6 is 0 Å². The second-order valence-corrected chi connectivity index (χ2v) is 5.55. The first-order chi connectivity index (χ1) is 10.1. The summed E-state index contributed by atoms with van der Waals surface area (Å²) in [5, 5.41) is 20.6. The van der Waals surface area contributed by atoms with E-state index in [1.54, 1.807) is 12.1 Å². The minimum absolute atomic E-state index is 0.0137. The van der Waals surface area contributed by atoms with Gasteiger partial charge in [0.1, 0.15) is 0 Å². The number of aliphatic hydroxyl groups is 1. The summed E-state index contributed by atoms with van der Waals surface area (Å²) in [6.45, 7) is 2.87. The molecule has 2 unspecified atom stereocenters. The van der Waals surface area contributed by atoms with Crippen LogP contribution in [0.15, 0.2) is 18.2 Å². The van der Waals surface area contributed by atoms with Crippen molar-refractivity contribution in [1.82, 2.24) is 4.90 Å². The number of nitro groups is 1. The number of hydrogen-bond donors (Lipinski definition) is 1. The van der Waals surface area contributed by atoms with Crippen LogP contribution in [0.1, 0.15) is 31.7 Å². The van der Waals surface area contributed by atoms with Crippen LogP contribution in [0.3, 0.4) is 0 Å². The van der Waals surface area contributed by atoms with Gasteiger partial charge in [0.15, 0.2) is 5.75 Å². The number of nitrogens with zero attached hydrogens (tertiary/aromatic N) is 2. The highest BCUT2D eigenvalue weighted by Crippen LogP contribution is 2.30. The van der Waals surface area contributed by atoms with E-state index in [1.807, 2.05) is 6.07 Å². The molecule has 0 amide bonds. The topological polar surface area (TPSA) is 75.8 Å². The number of aliphatic hydroxyl groups excluding tert-OH is 1. The molecule has 0 saturated carbocycles. The van der Waals surface area contributed by atoms with E-state index in [-0.39, 0.29) is 24.1 Å². The number of likely N-dealkylation sites (tertiary alicyclic amines) is 1. The van der Waals surface area contributed by atoms with Crippen LogP contribution in [-0.4, -0.2) is 40.7 Å². The highest BCUT2D eigenvalue weighted by molar-refractivity contribution is 5.48. The van der Waals surface area contributed by atoms with Gasteiger partial charge < -0.3 is 9.84 Å². The molecule has 21 heavy (non-hydrogen) atoms. The first-order valence-electron chi connectivity index (χ1n) is 7.24. The van der Waals surface area contributed by atoms with E-state index in [0.29, 0.717) is 12.6 Å². The van der Waals surface area contributed by atoms with Gasteiger partial charge in [0.25, 0.3) is 0 Å². The molecular weight excluding hydrogens is 272 g/mol. The summed E-state index contributed by atoms with van der Waals surface area (Å²) in [4.78, 5) is 12.9. The molecule has 0 radical (unpaired) electrons. The van der Waals surface area contributed by atoms with Gasteiger partial charge in [-0.3, -0.25) is 15.0 Å². The summed E-state index contributed by atoms with van der Waals surface area (Å²) in [5.74, 6) is 0.272. The molecule has 6 heteroatoms. The lowest BCUT2D eigenvalue weighted by Crippen LogP contribution is -2.46. The van der Waals surface area contributed by atoms with Gasteiger partial charge in [0, 0.05) is 24.7 Å². The van der Waals surface area contributed by atoms with Gasteiger partial charge >= 0.3 is 5.69 Å². The lowest BCUT2D eigenvalue weighted by atomic mass is 9.96. The van der Waals surface area contributed by atoms with Crippen LogP contribution in [0.2, 0.25) is 0 Å². The van der Waals surface area contributed by atoms with Crippen molar-refractivity contribution in [3.05, 3.63) is 33.9 Å². The van der Waals surface area contributed by atoms with E-state index in [4.69, 9.17) is 4.74 Å².